The molecule has 2 aromatic rings. The lowest BCUT2D eigenvalue weighted by atomic mass is 10.1. The number of carbonyl (C=O) groups excluding carboxylic acids is 1. The van der Waals surface area contributed by atoms with E-state index in [1.54, 1.807) is 0 Å². The Bertz CT molecular complexity index is 707. The van der Waals surface area contributed by atoms with Crippen molar-refractivity contribution in [3.63, 3.8) is 0 Å². The molecule has 1 atom stereocenters. The molecular formula is C17H20ClN3OS2. The van der Waals surface area contributed by atoms with E-state index in [0.29, 0.717) is 10.1 Å². The van der Waals surface area contributed by atoms with Gasteiger partial charge in [-0.3, -0.25) is 4.79 Å². The molecule has 1 saturated heterocycles. The summed E-state index contributed by atoms with van der Waals surface area (Å²) in [6.45, 7) is 3.59. The lowest BCUT2D eigenvalue weighted by Gasteiger charge is -2.20. The highest BCUT2D eigenvalue weighted by Gasteiger charge is 2.26. The third-order valence-electron chi connectivity index (χ3n) is 4.12. The predicted octanol–water partition coefficient (Wildman–Crippen LogP) is 4.46. The molecular weight excluding hydrogens is 362 g/mol. The first-order valence-corrected chi connectivity index (χ1v) is 10.4. The number of halogens is 1. The van der Waals surface area contributed by atoms with Crippen molar-refractivity contribution in [2.24, 2.45) is 0 Å². The molecule has 24 heavy (non-hydrogen) atoms. The summed E-state index contributed by atoms with van der Waals surface area (Å²) in [6, 6.07) is 8.00. The number of aryl methyl sites for hydroxylation is 1. The van der Waals surface area contributed by atoms with Crippen LogP contribution in [0, 0.1) is 0 Å². The lowest BCUT2D eigenvalue weighted by molar-refractivity contribution is 0.0770. The standard InChI is InChI=1S/C17H20ClN3OS2/c1-2-5-14-16(24-20-19-14)17(22)21-9-8-15(23-11-10-21)12-6-3-4-7-13(12)18/h3-4,6-7,15H,2,5,8-11H2,1H3. The van der Waals surface area contributed by atoms with E-state index in [4.69, 9.17) is 11.6 Å². The first-order chi connectivity index (χ1) is 11.7. The van der Waals surface area contributed by atoms with Gasteiger partial charge in [0.25, 0.3) is 5.91 Å². The molecule has 1 fully saturated rings. The molecule has 1 aliphatic rings. The van der Waals surface area contributed by atoms with Gasteiger partial charge >= 0.3 is 0 Å². The fourth-order valence-electron chi connectivity index (χ4n) is 2.87. The number of carbonyl (C=O) groups is 1. The normalized spacial score (nSPS) is 18.4. The summed E-state index contributed by atoms with van der Waals surface area (Å²) in [5, 5.41) is 5.27. The van der Waals surface area contributed by atoms with Gasteiger partial charge in [0, 0.05) is 29.1 Å². The van der Waals surface area contributed by atoms with Crippen molar-refractivity contribution in [1.29, 1.82) is 0 Å². The van der Waals surface area contributed by atoms with Gasteiger partial charge < -0.3 is 4.90 Å². The van der Waals surface area contributed by atoms with Gasteiger partial charge in [-0.25, -0.2) is 0 Å². The van der Waals surface area contributed by atoms with E-state index < -0.39 is 0 Å². The Balaban J connectivity index is 1.70. The summed E-state index contributed by atoms with van der Waals surface area (Å²) >= 11 is 9.43. The minimum absolute atomic E-state index is 0.0776. The van der Waals surface area contributed by atoms with Crippen LogP contribution in [0.1, 0.15) is 45.9 Å². The second-order valence-corrected chi connectivity index (χ2v) is 8.23. The quantitative estimate of drug-likeness (QED) is 0.784. The molecule has 7 heteroatoms. The summed E-state index contributed by atoms with van der Waals surface area (Å²) in [6.07, 6.45) is 2.69. The fraction of sp³-hybridized carbons (Fsp3) is 0.471. The Kier molecular flexibility index (Phi) is 6.14. The van der Waals surface area contributed by atoms with E-state index in [0.717, 1.165) is 48.8 Å². The largest absolute Gasteiger partial charge is 0.337 e. The van der Waals surface area contributed by atoms with Crippen LogP contribution in [0.4, 0.5) is 0 Å². The molecule has 128 valence electrons. The molecule has 1 aromatic heterocycles. The monoisotopic (exact) mass is 381 g/mol. The smallest absolute Gasteiger partial charge is 0.267 e. The number of thioether (sulfide) groups is 1. The molecule has 0 aliphatic carbocycles. The first kappa shape index (κ1) is 17.7. The van der Waals surface area contributed by atoms with Crippen molar-refractivity contribution in [2.45, 2.75) is 31.4 Å². The number of benzene rings is 1. The molecule has 1 aromatic carbocycles. The average molecular weight is 382 g/mol. The number of amides is 1. The number of hydrogen-bond acceptors (Lipinski definition) is 5. The van der Waals surface area contributed by atoms with Crippen LogP contribution >= 0.6 is 34.9 Å². The van der Waals surface area contributed by atoms with E-state index >= 15 is 0 Å². The number of hydrogen-bond donors (Lipinski definition) is 0. The van der Waals surface area contributed by atoms with Gasteiger partial charge in [0.2, 0.25) is 0 Å². The van der Waals surface area contributed by atoms with Crippen LogP contribution in [0.25, 0.3) is 0 Å². The lowest BCUT2D eigenvalue weighted by Crippen LogP contribution is -2.33. The van der Waals surface area contributed by atoms with Crippen molar-refractivity contribution >= 4 is 40.8 Å². The van der Waals surface area contributed by atoms with Gasteiger partial charge in [0.05, 0.1) is 5.69 Å². The minimum atomic E-state index is 0.0776. The van der Waals surface area contributed by atoms with Crippen LogP contribution < -0.4 is 0 Å². The summed E-state index contributed by atoms with van der Waals surface area (Å²) < 4.78 is 3.98. The fourth-order valence-corrected chi connectivity index (χ4v) is 5.15. The van der Waals surface area contributed by atoms with E-state index in [-0.39, 0.29) is 5.91 Å². The zero-order chi connectivity index (χ0) is 16.9. The van der Waals surface area contributed by atoms with Crippen molar-refractivity contribution in [1.82, 2.24) is 14.5 Å². The van der Waals surface area contributed by atoms with Gasteiger partial charge in [-0.05, 0) is 36.0 Å². The number of nitrogens with zero attached hydrogens (tertiary/aromatic N) is 3. The molecule has 0 bridgehead atoms. The summed E-state index contributed by atoms with van der Waals surface area (Å²) in [7, 11) is 0. The Morgan fingerprint density at radius 1 is 1.38 bits per heavy atom. The van der Waals surface area contributed by atoms with Crippen molar-refractivity contribution in [3.8, 4) is 0 Å². The molecule has 2 heterocycles. The van der Waals surface area contributed by atoms with Gasteiger partial charge in [-0.2, -0.15) is 11.8 Å². The van der Waals surface area contributed by atoms with Crippen molar-refractivity contribution < 1.29 is 4.79 Å². The number of rotatable bonds is 4. The van der Waals surface area contributed by atoms with E-state index in [1.165, 1.54) is 17.1 Å². The van der Waals surface area contributed by atoms with Gasteiger partial charge in [-0.1, -0.05) is 47.6 Å². The Labute approximate surface area is 155 Å². The van der Waals surface area contributed by atoms with Gasteiger partial charge in [-0.15, -0.1) is 5.10 Å². The molecule has 0 spiro atoms. The maximum atomic E-state index is 12.8. The molecule has 1 amide bonds. The minimum Gasteiger partial charge on any atom is -0.337 e. The van der Waals surface area contributed by atoms with Crippen LogP contribution in [0.15, 0.2) is 24.3 Å². The molecule has 4 nitrogen and oxygen atoms in total. The van der Waals surface area contributed by atoms with Crippen molar-refractivity contribution in [2.75, 3.05) is 18.8 Å². The Morgan fingerprint density at radius 2 is 2.21 bits per heavy atom. The second-order valence-electron chi connectivity index (χ2n) is 5.76. The molecule has 0 radical (unpaired) electrons. The molecule has 0 N–H and O–H groups in total. The highest BCUT2D eigenvalue weighted by atomic mass is 35.5. The van der Waals surface area contributed by atoms with E-state index in [9.17, 15) is 4.79 Å². The van der Waals surface area contributed by atoms with Gasteiger partial charge in [0.15, 0.2) is 0 Å². The zero-order valence-corrected chi connectivity index (χ0v) is 16.0. The summed E-state index contributed by atoms with van der Waals surface area (Å²) in [4.78, 5) is 15.5. The maximum absolute atomic E-state index is 12.8. The van der Waals surface area contributed by atoms with Crippen LogP contribution in [0.5, 0.6) is 0 Å². The van der Waals surface area contributed by atoms with E-state index in [1.807, 2.05) is 34.9 Å². The summed E-state index contributed by atoms with van der Waals surface area (Å²) in [5.41, 5.74) is 2.01. The van der Waals surface area contributed by atoms with E-state index in [2.05, 4.69) is 22.6 Å². The Morgan fingerprint density at radius 3 is 3.00 bits per heavy atom. The van der Waals surface area contributed by atoms with Crippen LogP contribution in [0.2, 0.25) is 5.02 Å². The SMILES string of the molecule is CCCc1nnsc1C(=O)N1CCSC(c2ccccc2Cl)CC1. The van der Waals surface area contributed by atoms with Crippen molar-refractivity contribution in [3.05, 3.63) is 45.4 Å². The maximum Gasteiger partial charge on any atom is 0.267 e. The topological polar surface area (TPSA) is 46.1 Å². The van der Waals surface area contributed by atoms with Crippen LogP contribution in [-0.4, -0.2) is 39.2 Å². The molecule has 0 saturated carbocycles. The second kappa shape index (κ2) is 8.32. The molecule has 3 rings (SSSR count). The zero-order valence-electron chi connectivity index (χ0n) is 13.6. The number of aromatic nitrogens is 2. The average Bonchev–Trinajstić information content (AvgIpc) is 2.90. The third kappa shape index (κ3) is 3.92. The highest BCUT2D eigenvalue weighted by molar-refractivity contribution is 7.99. The first-order valence-electron chi connectivity index (χ1n) is 8.17. The predicted molar refractivity (Wildman–Crippen MR) is 101 cm³/mol. The van der Waals surface area contributed by atoms with Gasteiger partial charge in [0.1, 0.15) is 4.88 Å². The molecule has 1 aliphatic heterocycles. The highest BCUT2D eigenvalue weighted by Crippen LogP contribution is 2.38. The third-order valence-corrected chi connectivity index (χ3v) is 6.53. The van der Waals surface area contributed by atoms with Crippen LogP contribution in [-0.2, 0) is 6.42 Å². The Hall–Kier alpha value is -1.11. The molecule has 1 unspecified atom stereocenters. The van der Waals surface area contributed by atoms with Crippen LogP contribution in [0.3, 0.4) is 0 Å². The summed E-state index contributed by atoms with van der Waals surface area (Å²) in [5.74, 6) is 0.991.